The van der Waals surface area contributed by atoms with E-state index < -0.39 is 0 Å². The van der Waals surface area contributed by atoms with Gasteiger partial charge in [0.1, 0.15) is 17.5 Å². The summed E-state index contributed by atoms with van der Waals surface area (Å²) >= 11 is 5.76. The number of nitrogens with one attached hydrogen (secondary N) is 2. The number of hydrogen-bond acceptors (Lipinski definition) is 5. The molecule has 1 aliphatic carbocycles. The number of thiocarbonyl (C=S) groups is 1. The first-order valence-corrected chi connectivity index (χ1v) is 15.0. The van der Waals surface area contributed by atoms with Crippen molar-refractivity contribution in [2.24, 2.45) is 11.8 Å². The topological polar surface area (TPSA) is 56.3 Å². The number of anilines is 3. The third kappa shape index (κ3) is 6.56. The molecule has 2 N–H and O–H groups in total. The highest BCUT2D eigenvalue weighted by molar-refractivity contribution is 7.80. The van der Waals surface area contributed by atoms with E-state index in [1.807, 2.05) is 12.1 Å². The maximum Gasteiger partial charge on any atom is 0.232 e. The zero-order valence-corrected chi connectivity index (χ0v) is 23.8. The first-order valence-electron chi connectivity index (χ1n) is 14.6. The first-order chi connectivity index (χ1) is 18.4. The maximum absolute atomic E-state index is 13.6. The summed E-state index contributed by atoms with van der Waals surface area (Å²) < 4.78 is 13.6. The fourth-order valence-electron chi connectivity index (χ4n) is 6.77. The average Bonchev–Trinajstić information content (AvgIpc) is 3.21. The minimum atomic E-state index is -0.193. The van der Waals surface area contributed by atoms with E-state index in [2.05, 4.69) is 40.3 Å². The largest absolute Gasteiger partial charge is 0.361 e. The molecule has 1 saturated carbocycles. The smallest absolute Gasteiger partial charge is 0.232 e. The second kappa shape index (κ2) is 12.1. The standard InChI is InChI=1S/C30H43FN6S/c1-22-17-23(2)20-37(19-22)27-18-26(36-15-7-3-4-8-16-36)33-28(34-27)35-29(38)32-21-30(13-5-6-14-30)24-9-11-25(31)12-10-24/h9-12,18,22-23H,3-8,13-17,19-21H2,1-2H3,(H2,32,33,34,35,38)/t22-,23-/m0/s1. The zero-order valence-electron chi connectivity index (χ0n) is 23.0. The SMILES string of the molecule is C[C@H]1C[C@H](C)CN(c2cc(N3CCCCCC3)nc(NC(=S)NCC3(c4ccc(F)cc4)CCCC3)n2)C1. The summed E-state index contributed by atoms with van der Waals surface area (Å²) in [5.41, 5.74) is 1.15. The normalized spacial score (nSPS) is 23.7. The molecular formula is C30H43FN6S. The second-order valence-corrected chi connectivity index (χ2v) is 12.4. The molecule has 8 heteroatoms. The van der Waals surface area contributed by atoms with E-state index in [1.54, 1.807) is 12.1 Å². The van der Waals surface area contributed by atoms with Crippen molar-refractivity contribution in [1.82, 2.24) is 15.3 Å². The predicted molar refractivity (Wildman–Crippen MR) is 159 cm³/mol. The van der Waals surface area contributed by atoms with Crippen LogP contribution in [0.25, 0.3) is 0 Å². The van der Waals surface area contributed by atoms with Crippen LogP contribution in [0.5, 0.6) is 0 Å². The number of rotatable bonds is 6. The molecule has 1 aromatic carbocycles. The van der Waals surface area contributed by atoms with Crippen LogP contribution in [0, 0.1) is 17.7 Å². The molecule has 0 spiro atoms. The lowest BCUT2D eigenvalue weighted by atomic mass is 9.79. The van der Waals surface area contributed by atoms with Gasteiger partial charge in [0.15, 0.2) is 5.11 Å². The molecule has 2 saturated heterocycles. The lowest BCUT2D eigenvalue weighted by Crippen LogP contribution is -2.41. The summed E-state index contributed by atoms with van der Waals surface area (Å²) in [5, 5.41) is 7.33. The van der Waals surface area contributed by atoms with Gasteiger partial charge in [-0.25, -0.2) is 4.39 Å². The molecule has 206 valence electrons. The molecule has 3 heterocycles. The van der Waals surface area contributed by atoms with Gasteiger partial charge >= 0.3 is 0 Å². The molecule has 2 aliphatic heterocycles. The molecule has 3 aliphatic rings. The summed E-state index contributed by atoms with van der Waals surface area (Å²) in [5.74, 6) is 3.63. The second-order valence-electron chi connectivity index (χ2n) is 12.0. The molecule has 1 aromatic heterocycles. The van der Waals surface area contributed by atoms with Gasteiger partial charge in [-0.2, -0.15) is 9.97 Å². The van der Waals surface area contributed by atoms with E-state index in [0.717, 1.165) is 50.7 Å². The molecule has 38 heavy (non-hydrogen) atoms. The third-order valence-electron chi connectivity index (χ3n) is 8.65. The van der Waals surface area contributed by atoms with Crippen LogP contribution in [0.4, 0.5) is 22.0 Å². The van der Waals surface area contributed by atoms with E-state index in [9.17, 15) is 4.39 Å². The average molecular weight is 539 g/mol. The van der Waals surface area contributed by atoms with Gasteiger partial charge in [0, 0.05) is 44.2 Å². The van der Waals surface area contributed by atoms with Crippen molar-refractivity contribution < 1.29 is 4.39 Å². The Labute approximate surface area is 232 Å². The molecule has 3 fully saturated rings. The van der Waals surface area contributed by atoms with Crippen molar-refractivity contribution in [1.29, 1.82) is 0 Å². The van der Waals surface area contributed by atoms with Crippen molar-refractivity contribution in [3.05, 3.63) is 41.7 Å². The van der Waals surface area contributed by atoms with E-state index in [1.165, 1.54) is 50.5 Å². The highest BCUT2D eigenvalue weighted by Gasteiger charge is 2.35. The van der Waals surface area contributed by atoms with Crippen LogP contribution in [0.15, 0.2) is 30.3 Å². The zero-order chi connectivity index (χ0) is 26.5. The summed E-state index contributed by atoms with van der Waals surface area (Å²) in [6.45, 7) is 9.48. The van der Waals surface area contributed by atoms with Crippen LogP contribution in [0.3, 0.4) is 0 Å². The highest BCUT2D eigenvalue weighted by Crippen LogP contribution is 2.40. The molecule has 6 nitrogen and oxygen atoms in total. The van der Waals surface area contributed by atoms with E-state index in [-0.39, 0.29) is 11.2 Å². The Balaban J connectivity index is 1.33. The molecule has 2 aromatic rings. The Morgan fingerprint density at radius 1 is 0.921 bits per heavy atom. The summed E-state index contributed by atoms with van der Waals surface area (Å²) in [4.78, 5) is 14.7. The Kier molecular flexibility index (Phi) is 8.66. The number of piperidine rings is 1. The van der Waals surface area contributed by atoms with E-state index in [4.69, 9.17) is 22.2 Å². The van der Waals surface area contributed by atoms with Crippen LogP contribution in [-0.4, -0.2) is 47.8 Å². The van der Waals surface area contributed by atoms with Gasteiger partial charge in [0.2, 0.25) is 5.95 Å². The van der Waals surface area contributed by atoms with Crippen molar-refractivity contribution >= 4 is 34.9 Å². The summed E-state index contributed by atoms with van der Waals surface area (Å²) in [6, 6.07) is 9.18. The van der Waals surface area contributed by atoms with E-state index in [0.29, 0.717) is 29.4 Å². The number of nitrogens with zero attached hydrogens (tertiary/aromatic N) is 4. The fourth-order valence-corrected chi connectivity index (χ4v) is 6.93. The number of halogens is 1. The maximum atomic E-state index is 13.6. The van der Waals surface area contributed by atoms with Gasteiger partial charge in [-0.15, -0.1) is 0 Å². The van der Waals surface area contributed by atoms with Crippen LogP contribution in [0.1, 0.15) is 77.2 Å². The molecule has 2 atom stereocenters. The lowest BCUT2D eigenvalue weighted by molar-refractivity contribution is 0.355. The Morgan fingerprint density at radius 3 is 2.16 bits per heavy atom. The van der Waals surface area contributed by atoms with Gasteiger partial charge in [-0.3, -0.25) is 0 Å². The summed E-state index contributed by atoms with van der Waals surface area (Å²) in [6.07, 6.45) is 10.7. The summed E-state index contributed by atoms with van der Waals surface area (Å²) in [7, 11) is 0. The number of benzene rings is 1. The molecule has 0 bridgehead atoms. The first kappa shape index (κ1) is 27.1. The molecule has 5 rings (SSSR count). The van der Waals surface area contributed by atoms with E-state index >= 15 is 0 Å². The minimum Gasteiger partial charge on any atom is -0.361 e. The van der Waals surface area contributed by atoms with Crippen LogP contribution in [0.2, 0.25) is 0 Å². The van der Waals surface area contributed by atoms with Gasteiger partial charge in [0.25, 0.3) is 0 Å². The Bertz CT molecular complexity index is 1070. The van der Waals surface area contributed by atoms with Crippen LogP contribution < -0.4 is 20.4 Å². The highest BCUT2D eigenvalue weighted by atomic mass is 32.1. The Hall–Kier alpha value is -2.48. The molecule has 0 unspecified atom stereocenters. The van der Waals surface area contributed by atoms with Crippen LogP contribution >= 0.6 is 12.2 Å². The lowest BCUT2D eigenvalue weighted by Gasteiger charge is -2.36. The van der Waals surface area contributed by atoms with Crippen molar-refractivity contribution in [2.75, 3.05) is 47.8 Å². The molecular weight excluding hydrogens is 495 g/mol. The van der Waals surface area contributed by atoms with Gasteiger partial charge in [0.05, 0.1) is 0 Å². The molecule has 0 amide bonds. The van der Waals surface area contributed by atoms with Gasteiger partial charge in [-0.1, -0.05) is 51.7 Å². The van der Waals surface area contributed by atoms with Gasteiger partial charge in [-0.05, 0) is 73.9 Å². The van der Waals surface area contributed by atoms with Crippen molar-refractivity contribution in [3.8, 4) is 0 Å². The third-order valence-corrected chi connectivity index (χ3v) is 8.90. The predicted octanol–water partition coefficient (Wildman–Crippen LogP) is 6.28. The van der Waals surface area contributed by atoms with Gasteiger partial charge < -0.3 is 20.4 Å². The van der Waals surface area contributed by atoms with Crippen molar-refractivity contribution in [2.45, 2.75) is 77.0 Å². The van der Waals surface area contributed by atoms with Crippen molar-refractivity contribution in [3.63, 3.8) is 0 Å². The quantitative estimate of drug-likeness (QED) is 0.420. The van der Waals surface area contributed by atoms with Crippen LogP contribution in [-0.2, 0) is 5.41 Å². The molecule has 0 radical (unpaired) electrons. The fraction of sp³-hybridized carbons (Fsp3) is 0.633. The minimum absolute atomic E-state index is 0.0283. The number of aromatic nitrogens is 2. The number of hydrogen-bond donors (Lipinski definition) is 2. The monoisotopic (exact) mass is 538 g/mol. The Morgan fingerprint density at radius 2 is 1.53 bits per heavy atom.